The minimum absolute atomic E-state index is 0.159. The maximum Gasteiger partial charge on any atom is 0.244 e. The number of para-hydroxylation sites is 1. The molecule has 4 rings (SSSR count). The zero-order valence-corrected chi connectivity index (χ0v) is 18.0. The van der Waals surface area contributed by atoms with Gasteiger partial charge in [-0.3, -0.25) is 4.79 Å². The first-order chi connectivity index (χ1) is 14.5. The number of rotatable bonds is 6. The van der Waals surface area contributed by atoms with Crippen molar-refractivity contribution in [3.8, 4) is 0 Å². The second-order valence-electron chi connectivity index (χ2n) is 7.26. The van der Waals surface area contributed by atoms with Gasteiger partial charge in [0.15, 0.2) is 0 Å². The maximum atomic E-state index is 12.7. The molecule has 0 radical (unpaired) electrons. The molecule has 1 aromatic heterocycles. The van der Waals surface area contributed by atoms with Crippen molar-refractivity contribution in [2.24, 2.45) is 5.92 Å². The van der Waals surface area contributed by atoms with Gasteiger partial charge in [-0.05, 0) is 49.1 Å². The third-order valence-corrected chi connectivity index (χ3v) is 8.12. The Bertz CT molecular complexity index is 1120. The van der Waals surface area contributed by atoms with Crippen LogP contribution in [0.3, 0.4) is 0 Å². The molecule has 0 saturated carbocycles. The van der Waals surface area contributed by atoms with Gasteiger partial charge in [0.25, 0.3) is 0 Å². The minimum atomic E-state index is -3.44. The molecule has 0 bridgehead atoms. The van der Waals surface area contributed by atoms with E-state index in [0.29, 0.717) is 24.5 Å². The van der Waals surface area contributed by atoms with Crippen molar-refractivity contribution in [1.29, 1.82) is 0 Å². The first-order valence-corrected chi connectivity index (χ1v) is 12.1. The molecule has 2 heterocycles. The number of fused-ring (bicyclic) bond motifs is 1. The van der Waals surface area contributed by atoms with E-state index in [2.05, 4.69) is 10.3 Å². The summed E-state index contributed by atoms with van der Waals surface area (Å²) in [5.41, 5.74) is 0.930. The van der Waals surface area contributed by atoms with Gasteiger partial charge in [0.1, 0.15) is 5.01 Å². The van der Waals surface area contributed by atoms with Crippen molar-refractivity contribution in [2.75, 3.05) is 19.6 Å². The molecule has 1 aliphatic rings. The van der Waals surface area contributed by atoms with Crippen LogP contribution in [0.1, 0.15) is 17.8 Å². The molecular weight excluding hydrogens is 418 g/mol. The van der Waals surface area contributed by atoms with Gasteiger partial charge in [-0.1, -0.05) is 30.3 Å². The van der Waals surface area contributed by atoms with E-state index in [-0.39, 0.29) is 11.8 Å². The Labute approximate surface area is 180 Å². The van der Waals surface area contributed by atoms with Crippen LogP contribution in [0.5, 0.6) is 0 Å². The van der Waals surface area contributed by atoms with Crippen LogP contribution in [-0.2, 0) is 14.8 Å². The zero-order chi connectivity index (χ0) is 21.0. The maximum absolute atomic E-state index is 12.7. The average molecular weight is 442 g/mol. The fourth-order valence-corrected chi connectivity index (χ4v) is 5.87. The molecule has 6 nitrogen and oxygen atoms in total. The smallest absolute Gasteiger partial charge is 0.244 e. The Balaban J connectivity index is 1.26. The van der Waals surface area contributed by atoms with Gasteiger partial charge in [-0.2, -0.15) is 4.31 Å². The summed E-state index contributed by atoms with van der Waals surface area (Å²) in [4.78, 5) is 17.0. The number of thiazole rings is 1. The molecule has 8 heteroatoms. The van der Waals surface area contributed by atoms with E-state index in [9.17, 15) is 13.2 Å². The number of sulfonamides is 1. The van der Waals surface area contributed by atoms with Crippen molar-refractivity contribution in [3.05, 3.63) is 65.7 Å². The summed E-state index contributed by atoms with van der Waals surface area (Å²) in [5, 5.41) is 3.72. The van der Waals surface area contributed by atoms with Crippen molar-refractivity contribution in [1.82, 2.24) is 14.6 Å². The van der Waals surface area contributed by atoms with E-state index in [4.69, 9.17) is 0 Å². The summed E-state index contributed by atoms with van der Waals surface area (Å²) < 4.78 is 28.0. The van der Waals surface area contributed by atoms with Crippen molar-refractivity contribution >= 4 is 43.6 Å². The summed E-state index contributed by atoms with van der Waals surface area (Å²) in [5.74, 6) is 0.112. The lowest BCUT2D eigenvalue weighted by Crippen LogP contribution is -2.41. The Kier molecular flexibility index (Phi) is 6.26. The van der Waals surface area contributed by atoms with Crippen LogP contribution in [0, 0.1) is 5.92 Å². The number of aromatic nitrogens is 1. The van der Waals surface area contributed by atoms with E-state index >= 15 is 0 Å². The van der Waals surface area contributed by atoms with Gasteiger partial charge in [-0.15, -0.1) is 11.3 Å². The SMILES string of the molecule is O=C(/C=C/c1nc2ccccc2s1)NCC1CCN(S(=O)(=O)c2ccccc2)CC1. The van der Waals surface area contributed by atoms with Crippen LogP contribution < -0.4 is 5.32 Å². The lowest BCUT2D eigenvalue weighted by Gasteiger charge is -2.31. The monoisotopic (exact) mass is 441 g/mol. The van der Waals surface area contributed by atoms with Gasteiger partial charge < -0.3 is 5.32 Å². The van der Waals surface area contributed by atoms with E-state index in [1.807, 2.05) is 24.3 Å². The number of amides is 1. The highest BCUT2D eigenvalue weighted by Gasteiger charge is 2.29. The van der Waals surface area contributed by atoms with Crippen LogP contribution in [0.2, 0.25) is 0 Å². The first kappa shape index (κ1) is 20.7. The van der Waals surface area contributed by atoms with Gasteiger partial charge in [0.2, 0.25) is 15.9 Å². The molecule has 0 unspecified atom stereocenters. The molecule has 0 aliphatic carbocycles. The van der Waals surface area contributed by atoms with Gasteiger partial charge in [0, 0.05) is 25.7 Å². The Morgan fingerprint density at radius 1 is 1.10 bits per heavy atom. The molecule has 1 saturated heterocycles. The number of benzene rings is 2. The number of carbonyl (C=O) groups is 1. The topological polar surface area (TPSA) is 79.4 Å². The van der Waals surface area contributed by atoms with Gasteiger partial charge >= 0.3 is 0 Å². The van der Waals surface area contributed by atoms with E-state index in [1.54, 1.807) is 47.7 Å². The molecule has 1 aliphatic heterocycles. The quantitative estimate of drug-likeness (QED) is 0.594. The first-order valence-electron chi connectivity index (χ1n) is 9.89. The number of nitrogens with zero attached hydrogens (tertiary/aromatic N) is 2. The summed E-state index contributed by atoms with van der Waals surface area (Å²) in [6.07, 6.45) is 4.70. The third-order valence-electron chi connectivity index (χ3n) is 5.21. The van der Waals surface area contributed by atoms with Crippen molar-refractivity contribution in [3.63, 3.8) is 0 Å². The number of carbonyl (C=O) groups excluding carboxylic acids is 1. The van der Waals surface area contributed by atoms with E-state index in [1.165, 1.54) is 10.4 Å². The lowest BCUT2D eigenvalue weighted by molar-refractivity contribution is -0.116. The second-order valence-corrected chi connectivity index (χ2v) is 10.3. The van der Waals surface area contributed by atoms with Gasteiger partial charge in [-0.25, -0.2) is 13.4 Å². The van der Waals surface area contributed by atoms with Crippen molar-refractivity contribution < 1.29 is 13.2 Å². The fourth-order valence-electron chi connectivity index (χ4n) is 3.51. The number of nitrogens with one attached hydrogen (secondary N) is 1. The number of hydrogen-bond donors (Lipinski definition) is 1. The molecule has 1 N–H and O–H groups in total. The van der Waals surface area contributed by atoms with E-state index < -0.39 is 10.0 Å². The number of hydrogen-bond acceptors (Lipinski definition) is 5. The number of piperidine rings is 1. The second kappa shape index (κ2) is 9.07. The van der Waals surface area contributed by atoms with Gasteiger partial charge in [0.05, 0.1) is 15.1 Å². The summed E-state index contributed by atoms with van der Waals surface area (Å²) in [7, 11) is -3.44. The third kappa shape index (κ3) is 4.77. The normalized spacial score (nSPS) is 16.3. The highest BCUT2D eigenvalue weighted by molar-refractivity contribution is 7.89. The standard InChI is InChI=1S/C22H23N3O3S2/c26-21(10-11-22-24-19-8-4-5-9-20(19)29-22)23-16-17-12-14-25(15-13-17)30(27,28)18-6-2-1-3-7-18/h1-11,17H,12-16H2,(H,23,26)/b11-10+. The van der Waals surface area contributed by atoms with Crippen LogP contribution >= 0.6 is 11.3 Å². The summed E-state index contributed by atoms with van der Waals surface area (Å²) in [6, 6.07) is 16.4. The molecule has 0 atom stereocenters. The molecule has 156 valence electrons. The summed E-state index contributed by atoms with van der Waals surface area (Å²) >= 11 is 1.55. The lowest BCUT2D eigenvalue weighted by atomic mass is 9.98. The van der Waals surface area contributed by atoms with Crippen LogP contribution in [0.15, 0.2) is 65.6 Å². The highest BCUT2D eigenvalue weighted by Crippen LogP contribution is 2.24. The Morgan fingerprint density at radius 3 is 2.53 bits per heavy atom. The average Bonchev–Trinajstić information content (AvgIpc) is 3.20. The molecule has 1 amide bonds. The van der Waals surface area contributed by atoms with Crippen molar-refractivity contribution in [2.45, 2.75) is 17.7 Å². The summed E-state index contributed by atoms with van der Waals surface area (Å²) in [6.45, 7) is 1.49. The molecule has 2 aromatic carbocycles. The Morgan fingerprint density at radius 2 is 1.80 bits per heavy atom. The molecular formula is C22H23N3O3S2. The zero-order valence-electron chi connectivity index (χ0n) is 16.4. The predicted octanol–water partition coefficient (Wildman–Crippen LogP) is 3.53. The molecule has 30 heavy (non-hydrogen) atoms. The highest BCUT2D eigenvalue weighted by atomic mass is 32.2. The van der Waals surface area contributed by atoms with Crippen LogP contribution in [-0.4, -0.2) is 43.2 Å². The van der Waals surface area contributed by atoms with Crippen LogP contribution in [0.25, 0.3) is 16.3 Å². The molecule has 3 aromatic rings. The molecule has 0 spiro atoms. The predicted molar refractivity (Wildman–Crippen MR) is 120 cm³/mol. The van der Waals surface area contributed by atoms with Crippen LogP contribution in [0.4, 0.5) is 0 Å². The Hall–Kier alpha value is -2.55. The van der Waals surface area contributed by atoms with E-state index in [0.717, 1.165) is 28.1 Å². The largest absolute Gasteiger partial charge is 0.352 e. The fraction of sp³-hybridized carbons (Fsp3) is 0.273. The minimum Gasteiger partial charge on any atom is -0.352 e. The molecule has 1 fully saturated rings.